The van der Waals surface area contributed by atoms with Gasteiger partial charge in [0.25, 0.3) is 5.91 Å². The van der Waals surface area contributed by atoms with Crippen LogP contribution in [-0.4, -0.2) is 45.9 Å². The first kappa shape index (κ1) is 22.9. The minimum atomic E-state index is -1.15. The third-order valence-electron chi connectivity index (χ3n) is 5.81. The number of nitrogens with zero attached hydrogens (tertiary/aromatic N) is 2. The van der Waals surface area contributed by atoms with Gasteiger partial charge in [0.15, 0.2) is 0 Å². The highest BCUT2D eigenvalue weighted by Crippen LogP contribution is 2.33. The van der Waals surface area contributed by atoms with Crippen LogP contribution in [0.1, 0.15) is 37.2 Å². The molecule has 6 nitrogen and oxygen atoms in total. The lowest BCUT2D eigenvalue weighted by Crippen LogP contribution is -2.59. The molecule has 0 radical (unpaired) electrons. The van der Waals surface area contributed by atoms with Crippen LogP contribution < -0.4 is 4.74 Å². The van der Waals surface area contributed by atoms with Crippen LogP contribution in [0.3, 0.4) is 0 Å². The molecule has 2 heterocycles. The van der Waals surface area contributed by atoms with E-state index in [2.05, 4.69) is 5.16 Å². The van der Waals surface area contributed by atoms with Gasteiger partial charge in [-0.15, -0.1) is 0 Å². The Morgan fingerprint density at radius 3 is 2.67 bits per heavy atom. The molecule has 8 heteroatoms. The van der Waals surface area contributed by atoms with Crippen molar-refractivity contribution in [3.8, 4) is 17.0 Å². The van der Waals surface area contributed by atoms with Crippen molar-refractivity contribution in [3.05, 3.63) is 72.0 Å². The zero-order chi connectivity index (χ0) is 23.6. The van der Waals surface area contributed by atoms with E-state index in [0.29, 0.717) is 25.1 Å². The number of likely N-dealkylation sites (tertiary alicyclic amines) is 1. The Morgan fingerprint density at radius 2 is 1.97 bits per heavy atom. The highest BCUT2D eigenvalue weighted by atomic mass is 19.1. The number of carbonyl (C=O) groups is 1. The van der Waals surface area contributed by atoms with E-state index in [1.165, 1.54) is 41.3 Å². The molecule has 2 atom stereocenters. The van der Waals surface area contributed by atoms with Crippen LogP contribution in [0.2, 0.25) is 0 Å². The largest absolute Gasteiger partial charge is 0.486 e. The van der Waals surface area contributed by atoms with Gasteiger partial charge in [-0.2, -0.15) is 0 Å². The molecule has 1 N–H and O–H groups in total. The Kier molecular flexibility index (Phi) is 6.47. The molecule has 1 saturated heterocycles. The smallest absolute Gasteiger partial charge is 0.292 e. The van der Waals surface area contributed by atoms with E-state index in [9.17, 15) is 18.7 Å². The maximum absolute atomic E-state index is 14.1. The van der Waals surface area contributed by atoms with Crippen LogP contribution in [0, 0.1) is 17.6 Å². The second-order valence-electron chi connectivity index (χ2n) is 8.82. The SMILES string of the molecule is CC(C)C[C@]1(O)CCN(C(=O)c2cc(-c3ccccc3F)no2)C[C@@H]1Oc1ccc(F)cc1. The topological polar surface area (TPSA) is 75.8 Å². The fourth-order valence-corrected chi connectivity index (χ4v) is 4.23. The van der Waals surface area contributed by atoms with E-state index in [1.54, 1.807) is 18.2 Å². The molecule has 1 aliphatic rings. The van der Waals surface area contributed by atoms with Gasteiger partial charge in [0.05, 0.1) is 6.54 Å². The van der Waals surface area contributed by atoms with Gasteiger partial charge in [0.2, 0.25) is 5.76 Å². The standard InChI is InChI=1S/C25H26F2N2O4/c1-16(2)14-25(31)11-12-29(15-23(25)32-18-9-7-17(26)8-10-18)24(30)22-13-21(28-33-22)19-5-3-4-6-20(19)27/h3-10,13,16,23,31H,11-12,14-15H2,1-2H3/t23-,25+/m0/s1. The van der Waals surface area contributed by atoms with E-state index in [0.717, 1.165) is 0 Å². The van der Waals surface area contributed by atoms with Gasteiger partial charge < -0.3 is 19.3 Å². The van der Waals surface area contributed by atoms with Crippen molar-refractivity contribution in [1.29, 1.82) is 0 Å². The molecule has 0 aliphatic carbocycles. The predicted molar refractivity (Wildman–Crippen MR) is 118 cm³/mol. The zero-order valence-electron chi connectivity index (χ0n) is 18.5. The summed E-state index contributed by atoms with van der Waals surface area (Å²) in [6.07, 6.45) is 0.0644. The number of rotatable bonds is 6. The summed E-state index contributed by atoms with van der Waals surface area (Å²) in [5.41, 5.74) is -0.689. The Bertz CT molecular complexity index is 1120. The number of carbonyl (C=O) groups excluding carboxylic acids is 1. The monoisotopic (exact) mass is 456 g/mol. The highest BCUT2D eigenvalue weighted by Gasteiger charge is 2.45. The van der Waals surface area contributed by atoms with Crippen LogP contribution in [-0.2, 0) is 0 Å². The number of hydrogen-bond donors (Lipinski definition) is 1. The molecule has 0 saturated carbocycles. The molecule has 2 aromatic carbocycles. The molecule has 33 heavy (non-hydrogen) atoms. The Balaban J connectivity index is 1.54. The van der Waals surface area contributed by atoms with E-state index < -0.39 is 29.2 Å². The summed E-state index contributed by atoms with van der Waals surface area (Å²) in [6.45, 7) is 4.41. The summed E-state index contributed by atoms with van der Waals surface area (Å²) < 4.78 is 38.6. The van der Waals surface area contributed by atoms with E-state index in [4.69, 9.17) is 9.26 Å². The minimum absolute atomic E-state index is 0.0249. The quantitative estimate of drug-likeness (QED) is 0.582. The maximum Gasteiger partial charge on any atom is 0.292 e. The van der Waals surface area contributed by atoms with Crippen molar-refractivity contribution in [2.24, 2.45) is 5.92 Å². The van der Waals surface area contributed by atoms with E-state index in [1.807, 2.05) is 13.8 Å². The summed E-state index contributed by atoms with van der Waals surface area (Å²) in [4.78, 5) is 14.6. The van der Waals surface area contributed by atoms with Crippen molar-refractivity contribution in [3.63, 3.8) is 0 Å². The number of aromatic nitrogens is 1. The van der Waals surface area contributed by atoms with Gasteiger partial charge in [-0.05, 0) is 55.2 Å². The Morgan fingerprint density at radius 1 is 1.24 bits per heavy atom. The molecule has 174 valence electrons. The van der Waals surface area contributed by atoms with Crippen LogP contribution >= 0.6 is 0 Å². The molecule has 1 aromatic heterocycles. The average Bonchev–Trinajstić information content (AvgIpc) is 3.26. The molecular weight excluding hydrogens is 430 g/mol. The van der Waals surface area contributed by atoms with Gasteiger partial charge in [0, 0.05) is 18.2 Å². The van der Waals surface area contributed by atoms with Crippen LogP contribution in [0.25, 0.3) is 11.3 Å². The summed E-state index contributed by atoms with van der Waals surface area (Å²) in [6, 6.07) is 13.1. The lowest BCUT2D eigenvalue weighted by Gasteiger charge is -2.44. The van der Waals surface area contributed by atoms with Crippen LogP contribution in [0.15, 0.2) is 59.1 Å². The maximum atomic E-state index is 14.1. The van der Waals surface area contributed by atoms with Gasteiger partial charge in [-0.3, -0.25) is 4.79 Å². The molecular formula is C25H26F2N2O4. The number of ether oxygens (including phenoxy) is 1. The van der Waals surface area contributed by atoms with Crippen molar-refractivity contribution >= 4 is 5.91 Å². The highest BCUT2D eigenvalue weighted by molar-refractivity contribution is 5.92. The number of halogens is 2. The van der Waals surface area contributed by atoms with Crippen molar-refractivity contribution in [1.82, 2.24) is 10.1 Å². The normalized spacial score (nSPS) is 20.8. The Labute approximate surface area is 190 Å². The first-order chi connectivity index (χ1) is 15.7. The fourth-order valence-electron chi connectivity index (χ4n) is 4.23. The first-order valence-electron chi connectivity index (χ1n) is 10.9. The molecule has 4 rings (SSSR count). The number of hydrogen-bond acceptors (Lipinski definition) is 5. The number of piperidine rings is 1. The second-order valence-corrected chi connectivity index (χ2v) is 8.82. The van der Waals surface area contributed by atoms with Crippen molar-refractivity contribution in [2.75, 3.05) is 13.1 Å². The lowest BCUT2D eigenvalue weighted by molar-refractivity contribution is -0.111. The Hall–Kier alpha value is -3.26. The molecule has 0 bridgehead atoms. The molecule has 1 amide bonds. The van der Waals surface area contributed by atoms with Crippen LogP contribution in [0.5, 0.6) is 5.75 Å². The van der Waals surface area contributed by atoms with Gasteiger partial charge >= 0.3 is 0 Å². The van der Waals surface area contributed by atoms with E-state index >= 15 is 0 Å². The second kappa shape index (κ2) is 9.31. The zero-order valence-corrected chi connectivity index (χ0v) is 18.5. The van der Waals surface area contributed by atoms with Crippen molar-refractivity contribution in [2.45, 2.75) is 38.4 Å². The van der Waals surface area contributed by atoms with Crippen LogP contribution in [0.4, 0.5) is 8.78 Å². The first-order valence-corrected chi connectivity index (χ1v) is 10.9. The molecule has 3 aromatic rings. The van der Waals surface area contributed by atoms with E-state index in [-0.39, 0.29) is 29.5 Å². The molecule has 0 spiro atoms. The molecule has 1 aliphatic heterocycles. The lowest BCUT2D eigenvalue weighted by atomic mass is 9.81. The molecule has 1 fully saturated rings. The summed E-state index contributed by atoms with van der Waals surface area (Å²) in [7, 11) is 0. The average molecular weight is 456 g/mol. The third kappa shape index (κ3) is 5.06. The summed E-state index contributed by atoms with van der Waals surface area (Å²) in [5.74, 6) is -0.702. The summed E-state index contributed by atoms with van der Waals surface area (Å²) in [5, 5.41) is 15.2. The van der Waals surface area contributed by atoms with Gasteiger partial charge in [0.1, 0.15) is 34.8 Å². The minimum Gasteiger partial charge on any atom is -0.486 e. The summed E-state index contributed by atoms with van der Waals surface area (Å²) >= 11 is 0. The number of benzene rings is 2. The third-order valence-corrected chi connectivity index (χ3v) is 5.81. The number of aliphatic hydroxyl groups is 1. The molecule has 0 unspecified atom stereocenters. The van der Waals surface area contributed by atoms with Crippen molar-refractivity contribution < 1.29 is 27.9 Å². The number of amides is 1. The van der Waals surface area contributed by atoms with Gasteiger partial charge in [-0.1, -0.05) is 31.1 Å². The predicted octanol–water partition coefficient (Wildman–Crippen LogP) is 4.69. The fraction of sp³-hybridized carbons (Fsp3) is 0.360. The van der Waals surface area contributed by atoms with Gasteiger partial charge in [-0.25, -0.2) is 8.78 Å².